The van der Waals surface area contributed by atoms with E-state index in [2.05, 4.69) is 18.3 Å². The molecule has 1 aliphatic rings. The van der Waals surface area contributed by atoms with Crippen LogP contribution in [0.4, 0.5) is 10.7 Å². The summed E-state index contributed by atoms with van der Waals surface area (Å²) in [6.07, 6.45) is 0.474. The van der Waals surface area contributed by atoms with E-state index in [1.54, 1.807) is 11.3 Å². The third-order valence-electron chi connectivity index (χ3n) is 2.98. The molecule has 1 amide bonds. The van der Waals surface area contributed by atoms with Gasteiger partial charge in [-0.2, -0.15) is 0 Å². The van der Waals surface area contributed by atoms with E-state index in [1.165, 1.54) is 4.88 Å². The van der Waals surface area contributed by atoms with Gasteiger partial charge in [-0.1, -0.05) is 6.07 Å². The molecule has 0 spiro atoms. The lowest BCUT2D eigenvalue weighted by Gasteiger charge is -2.03. The van der Waals surface area contributed by atoms with E-state index in [4.69, 9.17) is 5.73 Å². The highest BCUT2D eigenvalue weighted by Gasteiger charge is 2.18. The van der Waals surface area contributed by atoms with Crippen molar-refractivity contribution < 1.29 is 4.79 Å². The number of benzene rings is 1. The molecule has 4 heteroatoms. The van der Waals surface area contributed by atoms with Gasteiger partial charge in [0, 0.05) is 10.6 Å². The summed E-state index contributed by atoms with van der Waals surface area (Å²) < 4.78 is 0. The highest BCUT2D eigenvalue weighted by atomic mass is 32.1. The van der Waals surface area contributed by atoms with Gasteiger partial charge >= 0.3 is 0 Å². The van der Waals surface area contributed by atoms with Crippen LogP contribution in [-0.2, 0) is 11.2 Å². The highest BCUT2D eigenvalue weighted by Crippen LogP contribution is 2.35. The summed E-state index contributed by atoms with van der Waals surface area (Å²) in [5.41, 5.74) is 10.1. The maximum Gasteiger partial charge on any atom is 0.228 e. The molecule has 1 aromatic heterocycles. The lowest BCUT2D eigenvalue weighted by Crippen LogP contribution is -2.03. The summed E-state index contributed by atoms with van der Waals surface area (Å²) >= 11 is 1.59. The zero-order valence-electron chi connectivity index (χ0n) is 9.41. The number of fused-ring (bicyclic) bond motifs is 1. The predicted molar refractivity (Wildman–Crippen MR) is 71.2 cm³/mol. The molecule has 1 aromatic carbocycles. The van der Waals surface area contributed by atoms with E-state index in [9.17, 15) is 4.79 Å². The Balaban J connectivity index is 2.09. The summed E-state index contributed by atoms with van der Waals surface area (Å²) in [6, 6.07) is 8.05. The molecule has 0 bridgehead atoms. The molecule has 3 nitrogen and oxygen atoms in total. The number of amides is 1. The highest BCUT2D eigenvalue weighted by molar-refractivity contribution is 7.16. The molecule has 17 heavy (non-hydrogen) atoms. The van der Waals surface area contributed by atoms with E-state index in [0.717, 1.165) is 27.4 Å². The smallest absolute Gasteiger partial charge is 0.228 e. The lowest BCUT2D eigenvalue weighted by atomic mass is 10.0. The first-order chi connectivity index (χ1) is 8.13. The zero-order valence-corrected chi connectivity index (χ0v) is 10.2. The third kappa shape index (κ3) is 1.70. The minimum absolute atomic E-state index is 0.0682. The van der Waals surface area contributed by atoms with Gasteiger partial charge < -0.3 is 11.1 Å². The van der Waals surface area contributed by atoms with Crippen molar-refractivity contribution in [1.82, 2.24) is 0 Å². The molecular formula is C13H12N2OS. The van der Waals surface area contributed by atoms with Crippen molar-refractivity contribution >= 4 is 27.9 Å². The number of nitrogens with one attached hydrogen (secondary N) is 1. The van der Waals surface area contributed by atoms with Crippen LogP contribution in [0.3, 0.4) is 0 Å². The summed E-state index contributed by atoms with van der Waals surface area (Å²) in [7, 11) is 0. The summed E-state index contributed by atoms with van der Waals surface area (Å²) in [5, 5.41) is 3.66. The Labute approximate surface area is 103 Å². The first kappa shape index (κ1) is 10.4. The molecule has 3 rings (SSSR count). The van der Waals surface area contributed by atoms with Crippen molar-refractivity contribution in [1.29, 1.82) is 0 Å². The molecule has 0 radical (unpaired) electrons. The molecule has 0 atom stereocenters. The van der Waals surface area contributed by atoms with Crippen LogP contribution in [0.5, 0.6) is 0 Å². The first-order valence-electron chi connectivity index (χ1n) is 5.42. The second-order valence-corrected chi connectivity index (χ2v) is 5.50. The maximum absolute atomic E-state index is 11.3. The number of hydrogen-bond donors (Lipinski definition) is 2. The number of aryl methyl sites for hydroxylation is 1. The van der Waals surface area contributed by atoms with Crippen LogP contribution in [-0.4, -0.2) is 5.91 Å². The average molecular weight is 244 g/mol. The number of carbonyl (C=O) groups excluding carboxylic acids is 1. The van der Waals surface area contributed by atoms with Crippen LogP contribution in [0.25, 0.3) is 11.1 Å². The molecule has 0 saturated heterocycles. The first-order valence-corrected chi connectivity index (χ1v) is 6.24. The Hall–Kier alpha value is -1.81. The fourth-order valence-corrected chi connectivity index (χ4v) is 3.01. The monoisotopic (exact) mass is 244 g/mol. The lowest BCUT2D eigenvalue weighted by molar-refractivity contribution is -0.115. The van der Waals surface area contributed by atoms with E-state index in [1.807, 2.05) is 18.2 Å². The Morgan fingerprint density at radius 3 is 2.88 bits per heavy atom. The van der Waals surface area contributed by atoms with Crippen molar-refractivity contribution in [3.05, 3.63) is 34.7 Å². The van der Waals surface area contributed by atoms with Crippen LogP contribution in [0.1, 0.15) is 10.4 Å². The molecular weight excluding hydrogens is 232 g/mol. The van der Waals surface area contributed by atoms with Gasteiger partial charge in [0.25, 0.3) is 0 Å². The third-order valence-corrected chi connectivity index (χ3v) is 3.86. The molecule has 2 heterocycles. The van der Waals surface area contributed by atoms with Crippen molar-refractivity contribution in [3.8, 4) is 11.1 Å². The standard InChI is InChI=1S/C13H12N2OS/c1-7-10(6-12(14)17-7)8-2-3-11-9(4-8)5-13(16)15-11/h2-4,6H,5,14H2,1H3,(H,15,16). The molecule has 3 N–H and O–H groups in total. The van der Waals surface area contributed by atoms with E-state index >= 15 is 0 Å². The van der Waals surface area contributed by atoms with Gasteiger partial charge in [-0.3, -0.25) is 4.79 Å². The Bertz CT molecular complexity index is 616. The molecule has 86 valence electrons. The van der Waals surface area contributed by atoms with Gasteiger partial charge in [-0.25, -0.2) is 0 Å². The van der Waals surface area contributed by atoms with Crippen molar-refractivity contribution in [2.75, 3.05) is 11.1 Å². The number of nitrogen functional groups attached to an aromatic ring is 1. The largest absolute Gasteiger partial charge is 0.391 e. The average Bonchev–Trinajstić information content (AvgIpc) is 2.78. The van der Waals surface area contributed by atoms with Crippen molar-refractivity contribution in [2.45, 2.75) is 13.3 Å². The quantitative estimate of drug-likeness (QED) is 0.810. The van der Waals surface area contributed by atoms with Gasteiger partial charge in [0.15, 0.2) is 0 Å². The Kier molecular flexibility index (Phi) is 2.19. The predicted octanol–water partition coefficient (Wildman–Crippen LogP) is 2.80. The second kappa shape index (κ2) is 3.60. The van der Waals surface area contributed by atoms with Gasteiger partial charge in [0.1, 0.15) is 0 Å². The molecule has 0 saturated carbocycles. The minimum Gasteiger partial charge on any atom is -0.391 e. The number of anilines is 2. The molecule has 0 unspecified atom stereocenters. The van der Waals surface area contributed by atoms with Crippen LogP contribution >= 0.6 is 11.3 Å². The Morgan fingerprint density at radius 2 is 2.18 bits per heavy atom. The number of nitrogens with two attached hydrogens (primary N) is 1. The molecule has 2 aromatic rings. The van der Waals surface area contributed by atoms with Crippen LogP contribution in [0, 0.1) is 6.92 Å². The summed E-state index contributed by atoms with van der Waals surface area (Å²) in [5.74, 6) is 0.0682. The van der Waals surface area contributed by atoms with Crippen LogP contribution in [0.2, 0.25) is 0 Å². The van der Waals surface area contributed by atoms with Gasteiger partial charge in [-0.15, -0.1) is 11.3 Å². The second-order valence-electron chi connectivity index (χ2n) is 4.22. The molecule has 1 aliphatic heterocycles. The molecule has 0 fully saturated rings. The topological polar surface area (TPSA) is 55.1 Å². The zero-order chi connectivity index (χ0) is 12.0. The maximum atomic E-state index is 11.3. The Morgan fingerprint density at radius 1 is 1.35 bits per heavy atom. The van der Waals surface area contributed by atoms with E-state index < -0.39 is 0 Å². The number of hydrogen-bond acceptors (Lipinski definition) is 3. The normalized spacial score (nSPS) is 13.6. The summed E-state index contributed by atoms with van der Waals surface area (Å²) in [6.45, 7) is 2.06. The minimum atomic E-state index is 0.0682. The van der Waals surface area contributed by atoms with Gasteiger partial charge in [0.05, 0.1) is 11.4 Å². The fraction of sp³-hybridized carbons (Fsp3) is 0.154. The fourth-order valence-electron chi connectivity index (χ4n) is 2.19. The van der Waals surface area contributed by atoms with Crippen molar-refractivity contribution in [3.63, 3.8) is 0 Å². The van der Waals surface area contributed by atoms with Crippen LogP contribution in [0.15, 0.2) is 24.3 Å². The van der Waals surface area contributed by atoms with E-state index in [0.29, 0.717) is 6.42 Å². The van der Waals surface area contributed by atoms with Gasteiger partial charge in [-0.05, 0) is 41.8 Å². The van der Waals surface area contributed by atoms with E-state index in [-0.39, 0.29) is 5.91 Å². The summed E-state index contributed by atoms with van der Waals surface area (Å²) in [4.78, 5) is 12.5. The SMILES string of the molecule is Cc1sc(N)cc1-c1ccc2c(c1)CC(=O)N2. The number of rotatable bonds is 1. The van der Waals surface area contributed by atoms with Gasteiger partial charge in [0.2, 0.25) is 5.91 Å². The van der Waals surface area contributed by atoms with Crippen molar-refractivity contribution in [2.24, 2.45) is 0 Å². The number of thiophene rings is 1. The van der Waals surface area contributed by atoms with Crippen LogP contribution < -0.4 is 11.1 Å². The molecule has 0 aliphatic carbocycles. The number of carbonyl (C=O) groups is 1.